The molecule has 11 heteroatoms. The molecule has 0 aliphatic carbocycles. The summed E-state index contributed by atoms with van der Waals surface area (Å²) in [6.45, 7) is 3.59. The summed E-state index contributed by atoms with van der Waals surface area (Å²) in [5.74, 6) is -3.27. The van der Waals surface area contributed by atoms with Gasteiger partial charge < -0.3 is 10.8 Å². The summed E-state index contributed by atoms with van der Waals surface area (Å²) < 4.78 is 24.5. The van der Waals surface area contributed by atoms with Gasteiger partial charge in [0.1, 0.15) is 9.84 Å². The van der Waals surface area contributed by atoms with Gasteiger partial charge in [0.15, 0.2) is 0 Å². The Morgan fingerprint density at radius 1 is 1.18 bits per heavy atom. The lowest BCUT2D eigenvalue weighted by Crippen LogP contribution is -2.71. The van der Waals surface area contributed by atoms with Crippen molar-refractivity contribution in [2.45, 2.75) is 57.7 Å². The highest BCUT2D eigenvalue weighted by Gasteiger charge is 2.53. The van der Waals surface area contributed by atoms with Gasteiger partial charge in [-0.2, -0.15) is 17.7 Å². The molecule has 4 N–H and O–H groups in total. The molecule has 0 radical (unpaired) electrons. The van der Waals surface area contributed by atoms with E-state index in [1.54, 1.807) is 0 Å². The quantitative estimate of drug-likeness (QED) is 0.0990. The molecule has 2 aromatic carbocycles. The van der Waals surface area contributed by atoms with E-state index < -0.39 is 45.1 Å². The molecule has 0 heterocycles. The average molecular weight is 568 g/mol. The topological polar surface area (TPSA) is 139 Å². The fourth-order valence-corrected chi connectivity index (χ4v) is 5.76. The zero-order valence-electron chi connectivity index (χ0n) is 22.4. The van der Waals surface area contributed by atoms with E-state index >= 15 is 0 Å². The molecule has 0 saturated carbocycles. The van der Waals surface area contributed by atoms with Gasteiger partial charge in [0, 0.05) is 36.9 Å². The molecule has 38 heavy (non-hydrogen) atoms. The standard InChI is InChI=1S/C27H41N3O6S2/c1-4-5-8-16-36-30(25(31)15-14-22-12-9-11-21-10-6-7-13-24(21)22)27(26(32)33,29-17-23(28)18-37)20(2)19-38(3,34)35/h6-7,9-13,20,23,29,37H,4-5,8,14-19,28H2,1-3H3,(H,32,33)/t20-,23?,27+/m1/s1. The molecule has 0 aliphatic heterocycles. The van der Waals surface area contributed by atoms with E-state index in [1.807, 2.05) is 49.4 Å². The fraction of sp³-hybridized carbons (Fsp3) is 0.556. The molecule has 0 fully saturated rings. The number of nitrogens with one attached hydrogen (secondary N) is 1. The average Bonchev–Trinajstić information content (AvgIpc) is 2.87. The Morgan fingerprint density at radius 3 is 2.50 bits per heavy atom. The largest absolute Gasteiger partial charge is 0.478 e. The number of hydrogen-bond donors (Lipinski definition) is 4. The van der Waals surface area contributed by atoms with Gasteiger partial charge in [0.2, 0.25) is 11.6 Å². The van der Waals surface area contributed by atoms with Crippen LogP contribution >= 0.6 is 12.6 Å². The summed E-state index contributed by atoms with van der Waals surface area (Å²) in [7, 11) is -3.60. The van der Waals surface area contributed by atoms with Crippen LogP contribution in [0.3, 0.4) is 0 Å². The van der Waals surface area contributed by atoms with E-state index in [-0.39, 0.29) is 25.3 Å². The van der Waals surface area contributed by atoms with Crippen LogP contribution in [0, 0.1) is 5.92 Å². The van der Waals surface area contributed by atoms with Crippen LogP contribution in [-0.2, 0) is 30.7 Å². The Bertz CT molecular complexity index is 1170. The molecule has 0 spiro atoms. The van der Waals surface area contributed by atoms with Crippen molar-refractivity contribution >= 4 is 45.1 Å². The lowest BCUT2D eigenvalue weighted by Gasteiger charge is -2.44. The highest BCUT2D eigenvalue weighted by Crippen LogP contribution is 2.28. The Hall–Kier alpha value is -2.18. The van der Waals surface area contributed by atoms with E-state index in [2.05, 4.69) is 17.9 Å². The van der Waals surface area contributed by atoms with E-state index in [4.69, 9.17) is 10.6 Å². The summed E-state index contributed by atoms with van der Waals surface area (Å²) in [5.41, 5.74) is 4.80. The van der Waals surface area contributed by atoms with Crippen molar-refractivity contribution in [3.63, 3.8) is 0 Å². The highest BCUT2D eigenvalue weighted by molar-refractivity contribution is 7.90. The van der Waals surface area contributed by atoms with Crippen LogP contribution < -0.4 is 11.1 Å². The summed E-state index contributed by atoms with van der Waals surface area (Å²) in [4.78, 5) is 32.6. The van der Waals surface area contributed by atoms with E-state index in [0.29, 0.717) is 12.8 Å². The third-order valence-electron chi connectivity index (χ3n) is 6.46. The van der Waals surface area contributed by atoms with Crippen molar-refractivity contribution in [1.29, 1.82) is 0 Å². The molecule has 0 saturated heterocycles. The third kappa shape index (κ3) is 8.67. The monoisotopic (exact) mass is 567 g/mol. The van der Waals surface area contributed by atoms with Gasteiger partial charge in [-0.3, -0.25) is 14.9 Å². The van der Waals surface area contributed by atoms with Crippen LogP contribution in [0.25, 0.3) is 10.8 Å². The molecule has 1 unspecified atom stereocenters. The Labute approximate surface area is 231 Å². The fourth-order valence-electron chi connectivity index (χ4n) is 4.48. The number of hydrogen-bond acceptors (Lipinski definition) is 8. The van der Waals surface area contributed by atoms with Gasteiger partial charge in [0.25, 0.3) is 0 Å². The first-order valence-corrected chi connectivity index (χ1v) is 15.6. The van der Waals surface area contributed by atoms with E-state index in [0.717, 1.165) is 40.5 Å². The smallest absolute Gasteiger partial charge is 0.347 e. The predicted octanol–water partition coefficient (Wildman–Crippen LogP) is 3.03. The summed E-state index contributed by atoms with van der Waals surface area (Å²) in [6, 6.07) is 13.1. The number of amides is 1. The zero-order chi connectivity index (χ0) is 28.3. The molecule has 3 atom stereocenters. The van der Waals surface area contributed by atoms with Gasteiger partial charge in [-0.1, -0.05) is 69.2 Å². The van der Waals surface area contributed by atoms with Crippen LogP contribution in [0.4, 0.5) is 0 Å². The second-order valence-electron chi connectivity index (χ2n) is 9.76. The number of carbonyl (C=O) groups is 2. The number of rotatable bonds is 17. The van der Waals surface area contributed by atoms with Gasteiger partial charge in [-0.05, 0) is 29.2 Å². The molecular weight excluding hydrogens is 526 g/mol. The summed E-state index contributed by atoms with van der Waals surface area (Å²) >= 11 is 4.17. The number of benzene rings is 2. The maximum absolute atomic E-state index is 13.8. The number of thiol groups is 1. The first-order chi connectivity index (χ1) is 18.0. The Morgan fingerprint density at radius 2 is 1.87 bits per heavy atom. The number of aryl methyl sites for hydroxylation is 1. The van der Waals surface area contributed by atoms with Crippen LogP contribution in [0.5, 0.6) is 0 Å². The van der Waals surface area contributed by atoms with Crippen LogP contribution in [-0.4, -0.2) is 73.1 Å². The molecule has 0 aromatic heterocycles. The maximum atomic E-state index is 13.8. The van der Waals surface area contributed by atoms with Crippen LogP contribution in [0.2, 0.25) is 0 Å². The molecule has 0 aliphatic rings. The molecular formula is C27H41N3O6S2. The van der Waals surface area contributed by atoms with Crippen molar-refractivity contribution in [3.05, 3.63) is 48.0 Å². The van der Waals surface area contributed by atoms with Crippen LogP contribution in [0.15, 0.2) is 42.5 Å². The van der Waals surface area contributed by atoms with Crippen molar-refractivity contribution in [3.8, 4) is 0 Å². The molecule has 0 bridgehead atoms. The van der Waals surface area contributed by atoms with Crippen molar-refractivity contribution in [2.75, 3.05) is 30.9 Å². The van der Waals surface area contributed by atoms with Crippen molar-refractivity contribution in [2.24, 2.45) is 11.7 Å². The molecule has 2 rings (SSSR count). The summed E-state index contributed by atoms with van der Waals surface area (Å²) in [5, 5.41) is 16.3. The lowest BCUT2D eigenvalue weighted by molar-refractivity contribution is -0.243. The van der Waals surface area contributed by atoms with E-state index in [9.17, 15) is 23.1 Å². The van der Waals surface area contributed by atoms with Gasteiger partial charge in [-0.25, -0.2) is 13.2 Å². The minimum Gasteiger partial charge on any atom is -0.478 e. The van der Waals surface area contributed by atoms with Gasteiger partial charge in [0.05, 0.1) is 12.4 Å². The number of unbranched alkanes of at least 4 members (excludes halogenated alkanes) is 2. The summed E-state index contributed by atoms with van der Waals surface area (Å²) in [6.07, 6.45) is 3.68. The second kappa shape index (κ2) is 14.8. The second-order valence-corrected chi connectivity index (χ2v) is 12.3. The van der Waals surface area contributed by atoms with Crippen LogP contribution in [0.1, 0.15) is 45.1 Å². The first kappa shape index (κ1) is 32.0. The first-order valence-electron chi connectivity index (χ1n) is 12.9. The normalized spacial score (nSPS) is 15.1. The van der Waals surface area contributed by atoms with Gasteiger partial charge >= 0.3 is 5.97 Å². The molecule has 1 amide bonds. The molecule has 2 aromatic rings. The number of carbonyl (C=O) groups excluding carboxylic acids is 1. The number of nitrogens with two attached hydrogens (primary N) is 1. The number of aliphatic carboxylic acids is 1. The molecule has 9 nitrogen and oxygen atoms in total. The van der Waals surface area contributed by atoms with Crippen molar-refractivity contribution in [1.82, 2.24) is 10.4 Å². The minimum absolute atomic E-state index is 0.0185. The SMILES string of the molecule is CCCCCON(C(=O)CCc1cccc2ccccc12)[C@](NCC(N)CS)(C(=O)O)[C@H](C)CS(C)(=O)=O. The number of sulfone groups is 1. The molecule has 212 valence electrons. The predicted molar refractivity (Wildman–Crippen MR) is 154 cm³/mol. The van der Waals surface area contributed by atoms with Crippen molar-refractivity contribution < 1.29 is 28.0 Å². The Kier molecular flexibility index (Phi) is 12.5. The minimum atomic E-state index is -3.60. The number of fused-ring (bicyclic) bond motifs is 1. The maximum Gasteiger partial charge on any atom is 0.347 e. The third-order valence-corrected chi connectivity index (χ3v) is 8.04. The number of carboxylic acids is 1. The number of carboxylic acid groups (broad SMARTS) is 1. The Balaban J connectivity index is 2.48. The lowest BCUT2D eigenvalue weighted by atomic mass is 9.93. The zero-order valence-corrected chi connectivity index (χ0v) is 24.1. The highest BCUT2D eigenvalue weighted by atomic mass is 32.2. The van der Waals surface area contributed by atoms with E-state index in [1.165, 1.54) is 6.92 Å². The number of hydroxylamine groups is 2. The number of nitrogens with zero attached hydrogens (tertiary/aromatic N) is 1. The van der Waals surface area contributed by atoms with Gasteiger partial charge in [-0.15, -0.1) is 0 Å².